The highest BCUT2D eigenvalue weighted by Gasteiger charge is 2.18. The van der Waals surface area contributed by atoms with Gasteiger partial charge in [-0.25, -0.2) is 4.79 Å². The molecule has 96 valence electrons. The number of ether oxygens (including phenoxy) is 1. The van der Waals surface area contributed by atoms with Crippen molar-refractivity contribution in [2.45, 2.75) is 51.9 Å². The molecule has 1 saturated carbocycles. The molecule has 0 spiro atoms. The van der Waals surface area contributed by atoms with Gasteiger partial charge in [0.2, 0.25) is 0 Å². The number of rotatable bonds is 6. The lowest BCUT2D eigenvalue weighted by molar-refractivity contribution is -0.137. The van der Waals surface area contributed by atoms with E-state index in [9.17, 15) is 9.59 Å². The van der Waals surface area contributed by atoms with Crippen LogP contribution in [0.25, 0.3) is 0 Å². The zero-order chi connectivity index (χ0) is 12.5. The Kier molecular flexibility index (Phi) is 6.60. The first-order chi connectivity index (χ1) is 8.22. The number of Topliss-reactive ketones (excluding diaryl/α,β-unsaturated/α-hetero) is 1. The summed E-state index contributed by atoms with van der Waals surface area (Å²) < 4.78 is 4.78. The van der Waals surface area contributed by atoms with Gasteiger partial charge in [0.15, 0.2) is 0 Å². The predicted octanol–water partition coefficient (Wildman–Crippen LogP) is 3.04. The molecule has 1 unspecified atom stereocenters. The number of esters is 1. The molecule has 0 radical (unpaired) electrons. The van der Waals surface area contributed by atoms with Gasteiger partial charge in [0.25, 0.3) is 0 Å². The molecule has 1 fully saturated rings. The van der Waals surface area contributed by atoms with E-state index in [0.29, 0.717) is 18.3 Å². The summed E-state index contributed by atoms with van der Waals surface area (Å²) in [6.45, 7) is 2.22. The summed E-state index contributed by atoms with van der Waals surface area (Å²) in [4.78, 5) is 22.2. The Bertz CT molecular complexity index is 281. The molecular formula is C14H22O3. The van der Waals surface area contributed by atoms with Crippen LogP contribution in [0.4, 0.5) is 0 Å². The lowest BCUT2D eigenvalue weighted by Crippen LogP contribution is -2.14. The Labute approximate surface area is 103 Å². The van der Waals surface area contributed by atoms with Gasteiger partial charge in [-0.2, -0.15) is 0 Å². The van der Waals surface area contributed by atoms with Crippen LogP contribution in [0.15, 0.2) is 12.2 Å². The molecule has 0 bridgehead atoms. The number of unbranched alkanes of at least 4 members (excludes halogenated alkanes) is 1. The van der Waals surface area contributed by atoms with Crippen molar-refractivity contribution < 1.29 is 14.3 Å². The normalized spacial score (nSPS) is 20.8. The lowest BCUT2D eigenvalue weighted by atomic mass is 9.85. The minimum absolute atomic E-state index is 0.264. The second-order valence-electron chi connectivity index (χ2n) is 4.59. The van der Waals surface area contributed by atoms with Gasteiger partial charge in [0, 0.05) is 18.9 Å². The van der Waals surface area contributed by atoms with Crippen LogP contribution < -0.4 is 0 Å². The Morgan fingerprint density at radius 3 is 3.06 bits per heavy atom. The number of hydrogen-bond acceptors (Lipinski definition) is 3. The quantitative estimate of drug-likeness (QED) is 0.406. The molecule has 3 heteroatoms. The highest BCUT2D eigenvalue weighted by Crippen LogP contribution is 2.25. The van der Waals surface area contributed by atoms with E-state index in [-0.39, 0.29) is 5.97 Å². The molecule has 1 atom stereocenters. The maximum atomic E-state index is 11.2. The third-order valence-corrected chi connectivity index (χ3v) is 3.11. The van der Waals surface area contributed by atoms with E-state index in [1.165, 1.54) is 12.5 Å². The number of carbonyl (C=O) groups excluding carboxylic acids is 2. The van der Waals surface area contributed by atoms with Crippen molar-refractivity contribution in [1.29, 1.82) is 0 Å². The average molecular weight is 238 g/mol. The fourth-order valence-corrected chi connectivity index (χ4v) is 2.25. The van der Waals surface area contributed by atoms with Gasteiger partial charge in [0.1, 0.15) is 5.78 Å². The van der Waals surface area contributed by atoms with E-state index in [4.69, 9.17) is 4.74 Å². The van der Waals surface area contributed by atoms with Crippen LogP contribution in [0.2, 0.25) is 0 Å². The molecule has 0 aromatic rings. The van der Waals surface area contributed by atoms with Crippen LogP contribution in [-0.2, 0) is 14.3 Å². The second-order valence-corrected chi connectivity index (χ2v) is 4.59. The van der Waals surface area contributed by atoms with Crippen molar-refractivity contribution in [2.24, 2.45) is 5.92 Å². The molecule has 0 aromatic carbocycles. The van der Waals surface area contributed by atoms with Crippen molar-refractivity contribution in [2.75, 3.05) is 6.61 Å². The zero-order valence-electron chi connectivity index (χ0n) is 10.6. The molecule has 1 aliphatic rings. The summed E-state index contributed by atoms with van der Waals surface area (Å²) in [5.74, 6) is 0.732. The smallest absolute Gasteiger partial charge is 0.330 e. The number of allylic oxidation sites excluding steroid dienone is 1. The number of carbonyl (C=O) groups is 2. The topological polar surface area (TPSA) is 43.4 Å². The van der Waals surface area contributed by atoms with Gasteiger partial charge < -0.3 is 4.74 Å². The van der Waals surface area contributed by atoms with Crippen molar-refractivity contribution in [3.05, 3.63) is 12.2 Å². The van der Waals surface area contributed by atoms with Crippen LogP contribution in [0.5, 0.6) is 0 Å². The first-order valence-electron chi connectivity index (χ1n) is 6.57. The summed E-state index contributed by atoms with van der Waals surface area (Å²) >= 11 is 0. The lowest BCUT2D eigenvalue weighted by Gasteiger charge is -2.20. The molecule has 0 amide bonds. The molecule has 3 nitrogen and oxygen atoms in total. The Balaban J connectivity index is 2.07. The first kappa shape index (κ1) is 13.9. The van der Waals surface area contributed by atoms with Gasteiger partial charge in [-0.1, -0.05) is 6.08 Å². The highest BCUT2D eigenvalue weighted by atomic mass is 16.5. The van der Waals surface area contributed by atoms with Crippen LogP contribution in [0.1, 0.15) is 51.9 Å². The van der Waals surface area contributed by atoms with E-state index in [2.05, 4.69) is 0 Å². The summed E-state index contributed by atoms with van der Waals surface area (Å²) in [6, 6.07) is 0. The molecule has 0 N–H and O–H groups in total. The average Bonchev–Trinajstić information content (AvgIpc) is 2.29. The predicted molar refractivity (Wildman–Crippen MR) is 66.6 cm³/mol. The maximum absolute atomic E-state index is 11.2. The molecule has 0 aromatic heterocycles. The molecule has 0 saturated heterocycles. The molecule has 1 aliphatic carbocycles. The van der Waals surface area contributed by atoms with Crippen molar-refractivity contribution in [3.8, 4) is 0 Å². The number of hydrogen-bond donors (Lipinski definition) is 0. The SMILES string of the molecule is CCOC(=O)/C=C/CCCC1CCCC(=O)C1. The molecule has 0 aliphatic heterocycles. The molecular weight excluding hydrogens is 216 g/mol. The molecule has 17 heavy (non-hydrogen) atoms. The fraction of sp³-hybridized carbons (Fsp3) is 0.714. The molecule has 0 heterocycles. The van der Waals surface area contributed by atoms with Gasteiger partial charge in [-0.05, 0) is 44.9 Å². The van der Waals surface area contributed by atoms with Crippen molar-refractivity contribution in [3.63, 3.8) is 0 Å². The van der Waals surface area contributed by atoms with E-state index in [1.807, 2.05) is 6.08 Å². The third kappa shape index (κ3) is 6.25. The van der Waals surface area contributed by atoms with Crippen LogP contribution in [-0.4, -0.2) is 18.4 Å². The van der Waals surface area contributed by atoms with E-state index in [1.54, 1.807) is 6.92 Å². The zero-order valence-corrected chi connectivity index (χ0v) is 10.6. The van der Waals surface area contributed by atoms with Gasteiger partial charge in [-0.3, -0.25) is 4.79 Å². The minimum atomic E-state index is -0.264. The molecule has 1 rings (SSSR count). The van der Waals surface area contributed by atoms with Crippen molar-refractivity contribution >= 4 is 11.8 Å². The summed E-state index contributed by atoms with van der Waals surface area (Å²) in [6.07, 6.45) is 10.2. The van der Waals surface area contributed by atoms with Gasteiger partial charge in [-0.15, -0.1) is 0 Å². The van der Waals surface area contributed by atoms with Crippen LogP contribution in [0.3, 0.4) is 0 Å². The largest absolute Gasteiger partial charge is 0.463 e. The minimum Gasteiger partial charge on any atom is -0.463 e. The standard InChI is InChI=1S/C14H22O3/c1-2-17-14(16)10-5-3-4-7-12-8-6-9-13(15)11-12/h5,10,12H,2-4,6-9,11H2,1H3/b10-5+. The second kappa shape index (κ2) is 8.04. The van der Waals surface area contributed by atoms with Gasteiger partial charge >= 0.3 is 5.97 Å². The fourth-order valence-electron chi connectivity index (χ4n) is 2.25. The van der Waals surface area contributed by atoms with E-state index in [0.717, 1.165) is 38.5 Å². The van der Waals surface area contributed by atoms with Crippen molar-refractivity contribution in [1.82, 2.24) is 0 Å². The van der Waals surface area contributed by atoms with E-state index < -0.39 is 0 Å². The summed E-state index contributed by atoms with van der Waals surface area (Å²) in [7, 11) is 0. The van der Waals surface area contributed by atoms with Crippen LogP contribution >= 0.6 is 0 Å². The summed E-state index contributed by atoms with van der Waals surface area (Å²) in [5.41, 5.74) is 0. The maximum Gasteiger partial charge on any atom is 0.330 e. The highest BCUT2D eigenvalue weighted by molar-refractivity contribution is 5.81. The Hall–Kier alpha value is -1.12. The Morgan fingerprint density at radius 1 is 1.53 bits per heavy atom. The Morgan fingerprint density at radius 2 is 2.35 bits per heavy atom. The van der Waals surface area contributed by atoms with Gasteiger partial charge in [0.05, 0.1) is 6.61 Å². The summed E-state index contributed by atoms with van der Waals surface area (Å²) in [5, 5.41) is 0. The third-order valence-electron chi connectivity index (χ3n) is 3.11. The van der Waals surface area contributed by atoms with Crippen LogP contribution in [0, 0.1) is 5.92 Å². The monoisotopic (exact) mass is 238 g/mol. The first-order valence-corrected chi connectivity index (χ1v) is 6.57. The number of ketones is 1. The van der Waals surface area contributed by atoms with E-state index >= 15 is 0 Å².